The molecular formula is C55H32N2. The van der Waals surface area contributed by atoms with Gasteiger partial charge in [0.2, 0.25) is 0 Å². The van der Waals surface area contributed by atoms with Gasteiger partial charge in [-0.25, -0.2) is 4.98 Å². The first-order valence-electron chi connectivity index (χ1n) is 19.7. The molecule has 0 unspecified atom stereocenters. The highest BCUT2D eigenvalue weighted by Gasteiger charge is 2.24. The third kappa shape index (κ3) is 4.16. The zero-order chi connectivity index (χ0) is 37.2. The van der Waals surface area contributed by atoms with Crippen LogP contribution >= 0.6 is 0 Å². The molecule has 1 aromatic heterocycles. The summed E-state index contributed by atoms with van der Waals surface area (Å²) in [6.45, 7) is 0. The standard InChI is InChI=1S/C55H32N2/c1-2-14-35(15-3-1)55-56-47-28-8-9-29-48(47)57(55)54-44-21-6-4-19-41(44)52(42-20-5-7-22-45(42)54)46-32-36-18-12-25-38-37-23-10-16-33-30-31-34-17-11-24-39(50(34)49(33)37)40-26-13-27-43(46)53(40)51(36)38/h1-32H. The molecule has 0 amide bonds. The van der Waals surface area contributed by atoms with Gasteiger partial charge in [0.15, 0.2) is 0 Å². The van der Waals surface area contributed by atoms with Gasteiger partial charge in [-0.2, -0.15) is 0 Å². The average Bonchev–Trinajstić information content (AvgIpc) is 3.66. The summed E-state index contributed by atoms with van der Waals surface area (Å²) in [7, 11) is 0. The van der Waals surface area contributed by atoms with Crippen molar-refractivity contribution in [3.63, 3.8) is 0 Å². The highest BCUT2D eigenvalue weighted by Crippen LogP contribution is 2.49. The van der Waals surface area contributed by atoms with E-state index in [9.17, 15) is 0 Å². The normalized spacial score (nSPS) is 12.2. The Morgan fingerprint density at radius 2 is 0.807 bits per heavy atom. The number of rotatable bonds is 3. The molecule has 13 rings (SSSR count). The third-order valence-electron chi connectivity index (χ3n) is 12.5. The highest BCUT2D eigenvalue weighted by atomic mass is 15.1. The maximum Gasteiger partial charge on any atom is 0.145 e. The van der Waals surface area contributed by atoms with Crippen LogP contribution in [0.3, 0.4) is 0 Å². The first kappa shape index (κ1) is 30.7. The second kappa shape index (κ2) is 11.5. The molecule has 13 aromatic rings. The SMILES string of the molecule is c1ccc(-c2nc3ccccc3n2-c2c3ccccc3c(-c3cc4cccc5c6cccc7ccc8cccc(c9cccc3c9c45)c8c76)c3ccccc23)cc1. The van der Waals surface area contributed by atoms with E-state index in [1.165, 1.54) is 97.3 Å². The van der Waals surface area contributed by atoms with Gasteiger partial charge in [-0.3, -0.25) is 4.57 Å². The molecule has 0 N–H and O–H groups in total. The second-order valence-electron chi connectivity index (χ2n) is 15.4. The van der Waals surface area contributed by atoms with Crippen LogP contribution in [0, 0.1) is 0 Å². The van der Waals surface area contributed by atoms with Gasteiger partial charge >= 0.3 is 0 Å². The lowest BCUT2D eigenvalue weighted by Crippen LogP contribution is -2.01. The van der Waals surface area contributed by atoms with Crippen molar-refractivity contribution in [3.8, 4) is 28.2 Å². The molecule has 0 bridgehead atoms. The van der Waals surface area contributed by atoms with Gasteiger partial charge in [0.05, 0.1) is 16.7 Å². The lowest BCUT2D eigenvalue weighted by molar-refractivity contribution is 1.13. The van der Waals surface area contributed by atoms with E-state index >= 15 is 0 Å². The smallest absolute Gasteiger partial charge is 0.145 e. The van der Waals surface area contributed by atoms with Crippen LogP contribution in [0.25, 0.3) is 125 Å². The van der Waals surface area contributed by atoms with Gasteiger partial charge in [0.1, 0.15) is 5.82 Å². The fraction of sp³-hybridized carbons (Fsp3) is 0. The van der Waals surface area contributed by atoms with Crippen molar-refractivity contribution in [2.75, 3.05) is 0 Å². The molecule has 57 heavy (non-hydrogen) atoms. The van der Waals surface area contributed by atoms with Crippen molar-refractivity contribution in [1.82, 2.24) is 9.55 Å². The van der Waals surface area contributed by atoms with E-state index in [-0.39, 0.29) is 0 Å². The zero-order valence-corrected chi connectivity index (χ0v) is 30.9. The van der Waals surface area contributed by atoms with Crippen LogP contribution in [0.4, 0.5) is 0 Å². The average molecular weight is 721 g/mol. The van der Waals surface area contributed by atoms with E-state index in [0.717, 1.165) is 28.1 Å². The summed E-state index contributed by atoms with van der Waals surface area (Å²) < 4.78 is 2.40. The molecule has 0 aliphatic heterocycles. The molecule has 2 heteroatoms. The van der Waals surface area contributed by atoms with Crippen LogP contribution in [0.5, 0.6) is 0 Å². The summed E-state index contributed by atoms with van der Waals surface area (Å²) in [4.78, 5) is 5.28. The fourth-order valence-electron chi connectivity index (χ4n) is 10.2. The van der Waals surface area contributed by atoms with Gasteiger partial charge < -0.3 is 0 Å². The van der Waals surface area contributed by atoms with Crippen molar-refractivity contribution in [3.05, 3.63) is 194 Å². The first-order chi connectivity index (χ1) is 28.3. The Labute approximate surface area is 327 Å². The number of hydrogen-bond acceptors (Lipinski definition) is 1. The maximum absolute atomic E-state index is 5.28. The number of imidazole rings is 1. The number of para-hydroxylation sites is 2. The maximum atomic E-state index is 5.28. The molecule has 0 spiro atoms. The van der Waals surface area contributed by atoms with Crippen LogP contribution in [0.1, 0.15) is 0 Å². The minimum Gasteiger partial charge on any atom is -0.291 e. The predicted octanol–water partition coefficient (Wildman–Crippen LogP) is 15.0. The summed E-state index contributed by atoms with van der Waals surface area (Å²) in [5.74, 6) is 0.937. The monoisotopic (exact) mass is 720 g/mol. The van der Waals surface area contributed by atoms with E-state index in [0.29, 0.717) is 0 Å². The Hall–Kier alpha value is -7.55. The summed E-state index contributed by atoms with van der Waals surface area (Å²) in [6, 6.07) is 71.6. The predicted molar refractivity (Wildman–Crippen MR) is 243 cm³/mol. The topological polar surface area (TPSA) is 17.8 Å². The fourth-order valence-corrected chi connectivity index (χ4v) is 10.2. The van der Waals surface area contributed by atoms with Crippen LogP contribution in [-0.2, 0) is 0 Å². The molecule has 1 heterocycles. The van der Waals surface area contributed by atoms with Crippen molar-refractivity contribution in [2.24, 2.45) is 0 Å². The van der Waals surface area contributed by atoms with Crippen LogP contribution in [0.15, 0.2) is 194 Å². The van der Waals surface area contributed by atoms with Crippen molar-refractivity contribution in [2.45, 2.75) is 0 Å². The number of aromatic nitrogens is 2. The molecular weight excluding hydrogens is 689 g/mol. The van der Waals surface area contributed by atoms with Gasteiger partial charge in [0.25, 0.3) is 0 Å². The first-order valence-corrected chi connectivity index (χ1v) is 19.7. The minimum atomic E-state index is 0.937. The summed E-state index contributed by atoms with van der Waals surface area (Å²) >= 11 is 0. The lowest BCUT2D eigenvalue weighted by atomic mass is 9.83. The minimum absolute atomic E-state index is 0.937. The summed E-state index contributed by atoms with van der Waals surface area (Å²) in [5, 5.41) is 20.3. The molecule has 0 aliphatic carbocycles. The van der Waals surface area contributed by atoms with Gasteiger partial charge in [-0.15, -0.1) is 0 Å². The van der Waals surface area contributed by atoms with E-state index in [1.807, 2.05) is 0 Å². The van der Waals surface area contributed by atoms with E-state index in [2.05, 4.69) is 199 Å². The van der Waals surface area contributed by atoms with Crippen LogP contribution in [0.2, 0.25) is 0 Å². The molecule has 262 valence electrons. The molecule has 0 saturated heterocycles. The Kier molecular flexibility index (Phi) is 6.19. The number of benzene rings is 11. The van der Waals surface area contributed by atoms with Gasteiger partial charge in [0, 0.05) is 16.3 Å². The molecule has 12 aromatic carbocycles. The van der Waals surface area contributed by atoms with Crippen LogP contribution in [-0.4, -0.2) is 9.55 Å². The van der Waals surface area contributed by atoms with Crippen molar-refractivity contribution < 1.29 is 0 Å². The molecule has 0 saturated carbocycles. The number of fused-ring (bicyclic) bond motifs is 5. The number of nitrogens with zero attached hydrogens (tertiary/aromatic N) is 2. The molecule has 0 fully saturated rings. The second-order valence-corrected chi connectivity index (χ2v) is 15.4. The highest BCUT2D eigenvalue weighted by molar-refractivity contribution is 6.38. The number of hydrogen-bond donors (Lipinski definition) is 0. The Morgan fingerprint density at radius 3 is 1.46 bits per heavy atom. The molecule has 0 atom stereocenters. The zero-order valence-electron chi connectivity index (χ0n) is 30.9. The molecule has 0 aliphatic rings. The molecule has 0 radical (unpaired) electrons. The Bertz CT molecular complexity index is 3740. The summed E-state index contributed by atoms with van der Waals surface area (Å²) in [5.41, 5.74) is 6.80. The third-order valence-corrected chi connectivity index (χ3v) is 12.5. The van der Waals surface area contributed by atoms with Crippen LogP contribution < -0.4 is 0 Å². The van der Waals surface area contributed by atoms with E-state index in [1.54, 1.807) is 0 Å². The quantitative estimate of drug-likeness (QED) is 0.131. The van der Waals surface area contributed by atoms with Crippen molar-refractivity contribution in [1.29, 1.82) is 0 Å². The largest absolute Gasteiger partial charge is 0.291 e. The lowest BCUT2D eigenvalue weighted by Gasteiger charge is -2.22. The Morgan fingerprint density at radius 1 is 0.333 bits per heavy atom. The van der Waals surface area contributed by atoms with Crippen molar-refractivity contribution >= 4 is 97.2 Å². The van der Waals surface area contributed by atoms with Gasteiger partial charge in [-0.05, 0) is 105 Å². The van der Waals surface area contributed by atoms with Gasteiger partial charge in [-0.1, -0.05) is 176 Å². The summed E-state index contributed by atoms with van der Waals surface area (Å²) in [6.07, 6.45) is 0. The van der Waals surface area contributed by atoms with E-state index < -0.39 is 0 Å². The van der Waals surface area contributed by atoms with E-state index in [4.69, 9.17) is 4.98 Å². The molecule has 2 nitrogen and oxygen atoms in total. The Balaban J connectivity index is 1.24.